The molecule has 0 amide bonds. The van der Waals surface area contributed by atoms with Gasteiger partial charge >= 0.3 is 0 Å². The van der Waals surface area contributed by atoms with Gasteiger partial charge in [0.2, 0.25) is 0 Å². The van der Waals surface area contributed by atoms with Gasteiger partial charge in [0.25, 0.3) is 0 Å². The molecule has 0 aliphatic heterocycles. The van der Waals surface area contributed by atoms with E-state index in [1.807, 2.05) is 14.2 Å². The van der Waals surface area contributed by atoms with Gasteiger partial charge in [-0.25, -0.2) is 0 Å². The molecule has 50 valence electrons. The summed E-state index contributed by atoms with van der Waals surface area (Å²) < 4.78 is 2.95. The highest BCUT2D eigenvalue weighted by molar-refractivity contribution is 4.47. The molecule has 0 saturated carbocycles. The minimum Gasteiger partial charge on any atom is -0.424 e. The maximum absolute atomic E-state index is 2.95. The van der Waals surface area contributed by atoms with E-state index in [9.17, 15) is 0 Å². The Kier molecular flexibility index (Phi) is 3.88. The normalized spacial score (nSPS) is 14.6. The van der Waals surface area contributed by atoms with Crippen molar-refractivity contribution in [1.82, 2.24) is 0 Å². The van der Waals surface area contributed by atoms with E-state index in [1.165, 1.54) is 12.8 Å². The minimum atomic E-state index is 0.667. The van der Waals surface area contributed by atoms with Gasteiger partial charge in [-0.2, -0.15) is 0 Å². The van der Waals surface area contributed by atoms with E-state index >= 15 is 0 Å². The Hall–Kier alpha value is -0.0400. The van der Waals surface area contributed by atoms with Gasteiger partial charge in [0.05, 0.1) is 0 Å². The molecule has 0 aromatic rings. The summed E-state index contributed by atoms with van der Waals surface area (Å²) in [5, 5.41) is 0. The van der Waals surface area contributed by atoms with Crippen molar-refractivity contribution in [2.75, 3.05) is 14.2 Å². The highest BCUT2D eigenvalue weighted by Gasteiger charge is 2.05. The van der Waals surface area contributed by atoms with Crippen molar-refractivity contribution < 1.29 is 4.37 Å². The third kappa shape index (κ3) is 3.03. The predicted octanol–water partition coefficient (Wildman–Crippen LogP) is 1.99. The van der Waals surface area contributed by atoms with Crippen LogP contribution in [-0.2, 0) is 4.37 Å². The summed E-state index contributed by atoms with van der Waals surface area (Å²) in [5.74, 6) is 0. The Bertz CT molecular complexity index is 50.3. The van der Waals surface area contributed by atoms with Crippen LogP contribution >= 0.6 is 0 Å². The number of hydrogen-bond acceptors (Lipinski definition) is 0. The smallest absolute Gasteiger partial charge is 0.152 e. The van der Waals surface area contributed by atoms with Crippen molar-refractivity contribution in [2.45, 2.75) is 32.8 Å². The second-order valence-corrected chi connectivity index (χ2v) is 2.48. The van der Waals surface area contributed by atoms with Gasteiger partial charge < -0.3 is 4.37 Å². The summed E-state index contributed by atoms with van der Waals surface area (Å²) in [6, 6.07) is 0. The molecule has 0 aliphatic rings. The monoisotopic (exact) mass is 117 g/mol. The Morgan fingerprint density at radius 3 is 2.00 bits per heavy atom. The first kappa shape index (κ1) is 7.96. The van der Waals surface area contributed by atoms with Gasteiger partial charge in [0, 0.05) is 13.3 Å². The second-order valence-electron chi connectivity index (χ2n) is 2.48. The van der Waals surface area contributed by atoms with Gasteiger partial charge in [-0.15, -0.1) is 0 Å². The topological polar surface area (TPSA) is 2.70 Å². The molecule has 0 saturated heterocycles. The van der Waals surface area contributed by atoms with Crippen LogP contribution in [0.1, 0.15) is 26.7 Å². The van der Waals surface area contributed by atoms with E-state index in [0.29, 0.717) is 6.10 Å². The fourth-order valence-corrected chi connectivity index (χ4v) is 0.642. The van der Waals surface area contributed by atoms with Crippen LogP contribution in [0.25, 0.3) is 0 Å². The first-order valence-electron chi connectivity index (χ1n) is 3.24. The molecule has 8 heavy (non-hydrogen) atoms. The summed E-state index contributed by atoms with van der Waals surface area (Å²) in [7, 11) is 4.08. The van der Waals surface area contributed by atoms with E-state index in [-0.39, 0.29) is 0 Å². The zero-order valence-electron chi connectivity index (χ0n) is 6.40. The largest absolute Gasteiger partial charge is 0.424 e. The molecule has 0 N–H and O–H groups in total. The van der Waals surface area contributed by atoms with Gasteiger partial charge in [-0.05, 0) is 6.42 Å². The van der Waals surface area contributed by atoms with Crippen molar-refractivity contribution in [3.8, 4) is 0 Å². The van der Waals surface area contributed by atoms with E-state index in [0.717, 1.165) is 0 Å². The van der Waals surface area contributed by atoms with Gasteiger partial charge in [0.15, 0.2) is 6.10 Å². The highest BCUT2D eigenvalue weighted by Crippen LogP contribution is 2.03. The third-order valence-electron chi connectivity index (χ3n) is 1.50. The average molecular weight is 117 g/mol. The number of rotatable bonds is 3. The molecule has 0 radical (unpaired) electrons. The molecule has 0 aromatic carbocycles. The lowest BCUT2D eigenvalue weighted by Gasteiger charge is -2.14. The maximum atomic E-state index is 2.95. The van der Waals surface area contributed by atoms with Crippen molar-refractivity contribution in [1.29, 1.82) is 0 Å². The fourth-order valence-electron chi connectivity index (χ4n) is 0.642. The highest BCUT2D eigenvalue weighted by atomic mass is 16.7. The van der Waals surface area contributed by atoms with Crippen LogP contribution in [0.4, 0.5) is 0 Å². The number of hydrogen-bond donors (Lipinski definition) is 0. The van der Waals surface area contributed by atoms with Gasteiger partial charge in [-0.1, -0.05) is 6.92 Å². The van der Waals surface area contributed by atoms with Crippen molar-refractivity contribution >= 4 is 0 Å². The molecular weight excluding hydrogens is 100 g/mol. The van der Waals surface area contributed by atoms with Crippen molar-refractivity contribution in [3.05, 3.63) is 0 Å². The maximum Gasteiger partial charge on any atom is 0.152 e. The molecule has 1 nitrogen and oxygen atoms in total. The lowest BCUT2D eigenvalue weighted by molar-refractivity contribution is -0.112. The quantitative estimate of drug-likeness (QED) is 0.497. The molecule has 0 spiro atoms. The molecule has 0 bridgehead atoms. The molecular formula is C7H17O+. The lowest BCUT2D eigenvalue weighted by atomic mass is 10.2. The molecule has 0 aromatic heterocycles. The van der Waals surface area contributed by atoms with E-state index in [2.05, 4.69) is 18.2 Å². The summed E-state index contributed by atoms with van der Waals surface area (Å²) in [6.45, 7) is 4.43. The van der Waals surface area contributed by atoms with Crippen LogP contribution in [-0.4, -0.2) is 20.3 Å². The summed E-state index contributed by atoms with van der Waals surface area (Å²) >= 11 is 0. The Morgan fingerprint density at radius 2 is 1.88 bits per heavy atom. The first-order valence-corrected chi connectivity index (χ1v) is 3.24. The average Bonchev–Trinajstić information content (AvgIpc) is 1.67. The van der Waals surface area contributed by atoms with E-state index in [1.54, 1.807) is 0 Å². The van der Waals surface area contributed by atoms with Crippen LogP contribution in [0.15, 0.2) is 0 Å². The molecule has 0 rings (SSSR count). The van der Waals surface area contributed by atoms with Crippen LogP contribution < -0.4 is 0 Å². The van der Waals surface area contributed by atoms with Gasteiger partial charge in [-0.3, -0.25) is 0 Å². The Labute approximate surface area is 52.4 Å². The summed E-state index contributed by atoms with van der Waals surface area (Å²) in [5.41, 5.74) is 0. The summed E-state index contributed by atoms with van der Waals surface area (Å²) in [4.78, 5) is 0. The Balaban J connectivity index is 3.17. The zero-order chi connectivity index (χ0) is 6.57. The molecule has 0 aliphatic carbocycles. The minimum absolute atomic E-state index is 0.667. The van der Waals surface area contributed by atoms with E-state index < -0.39 is 0 Å². The van der Waals surface area contributed by atoms with Crippen molar-refractivity contribution in [3.63, 3.8) is 0 Å². The Morgan fingerprint density at radius 1 is 1.38 bits per heavy atom. The predicted molar refractivity (Wildman–Crippen MR) is 37.3 cm³/mol. The van der Waals surface area contributed by atoms with Crippen LogP contribution in [0, 0.1) is 0 Å². The fraction of sp³-hybridized carbons (Fsp3) is 1.00. The molecule has 1 atom stereocenters. The molecule has 1 heteroatoms. The van der Waals surface area contributed by atoms with Crippen LogP contribution in [0.5, 0.6) is 0 Å². The van der Waals surface area contributed by atoms with Crippen molar-refractivity contribution in [2.24, 2.45) is 0 Å². The summed E-state index contributed by atoms with van der Waals surface area (Å²) in [6.07, 6.45) is 3.21. The third-order valence-corrected chi connectivity index (χ3v) is 1.50. The van der Waals surface area contributed by atoms with Crippen LogP contribution in [0.2, 0.25) is 0 Å². The van der Waals surface area contributed by atoms with Crippen LogP contribution in [0.3, 0.4) is 0 Å². The molecule has 1 unspecified atom stereocenters. The lowest BCUT2D eigenvalue weighted by Crippen LogP contribution is -2.15. The van der Waals surface area contributed by atoms with E-state index in [4.69, 9.17) is 0 Å². The molecule has 0 fully saturated rings. The molecule has 0 heterocycles. The first-order chi connectivity index (χ1) is 3.68. The standard InChI is InChI=1S/C7H17O/c1-5-6-7(2)8(3)4/h7H,5-6H2,1-4H3/q+1. The second kappa shape index (κ2) is 3.90. The SMILES string of the molecule is CCCC(C)[O+](C)C. The van der Waals surface area contributed by atoms with Gasteiger partial charge in [0.1, 0.15) is 14.2 Å². The zero-order valence-corrected chi connectivity index (χ0v) is 6.40.